The monoisotopic (exact) mass is 368 g/mol. The number of anilines is 2. The summed E-state index contributed by atoms with van der Waals surface area (Å²) in [6.07, 6.45) is 2.47. The second kappa shape index (κ2) is 8.75. The molecule has 9 heteroatoms. The van der Waals surface area contributed by atoms with Gasteiger partial charge in [0.25, 0.3) is 0 Å². The van der Waals surface area contributed by atoms with Crippen molar-refractivity contribution in [2.45, 2.75) is 26.5 Å². The average Bonchev–Trinajstić information content (AvgIpc) is 3.14. The zero-order valence-electron chi connectivity index (χ0n) is 15.1. The van der Waals surface area contributed by atoms with Crippen molar-refractivity contribution in [3.63, 3.8) is 0 Å². The number of hydrogen-bond acceptors (Lipinski definition) is 8. The van der Waals surface area contributed by atoms with Crippen molar-refractivity contribution < 1.29 is 14.3 Å². The van der Waals surface area contributed by atoms with Crippen LogP contribution in [0.3, 0.4) is 0 Å². The van der Waals surface area contributed by atoms with Crippen molar-refractivity contribution in [2.24, 2.45) is 0 Å². The molecule has 0 spiro atoms. The first-order valence-corrected chi connectivity index (χ1v) is 8.50. The molecular weight excluding hydrogens is 348 g/mol. The summed E-state index contributed by atoms with van der Waals surface area (Å²) in [4.78, 5) is 16.8. The van der Waals surface area contributed by atoms with E-state index in [0.717, 1.165) is 6.42 Å². The van der Waals surface area contributed by atoms with Gasteiger partial charge in [0.1, 0.15) is 17.1 Å². The lowest BCUT2D eigenvalue weighted by Gasteiger charge is -2.13. The molecule has 0 atom stereocenters. The predicted octanol–water partition coefficient (Wildman–Crippen LogP) is 2.59. The lowest BCUT2D eigenvalue weighted by Crippen LogP contribution is -2.13. The summed E-state index contributed by atoms with van der Waals surface area (Å²) in [5.41, 5.74) is 0.998. The van der Waals surface area contributed by atoms with E-state index in [1.807, 2.05) is 31.2 Å². The Bertz CT molecular complexity index is 911. The van der Waals surface area contributed by atoms with Gasteiger partial charge in [0.05, 0.1) is 12.8 Å². The van der Waals surface area contributed by atoms with Crippen LogP contribution in [-0.4, -0.2) is 38.3 Å². The molecule has 0 amide bonds. The van der Waals surface area contributed by atoms with Crippen LogP contribution < -0.4 is 10.1 Å². The minimum atomic E-state index is -0.522. The molecule has 0 radical (unpaired) electrons. The van der Waals surface area contributed by atoms with Crippen LogP contribution in [0, 0.1) is 0 Å². The van der Waals surface area contributed by atoms with Gasteiger partial charge in [0, 0.05) is 12.7 Å². The number of carbonyl (C=O) groups excluding carboxylic acids is 1. The van der Waals surface area contributed by atoms with E-state index in [1.54, 1.807) is 30.1 Å². The Morgan fingerprint density at radius 3 is 2.89 bits per heavy atom. The van der Waals surface area contributed by atoms with Gasteiger partial charge in [0.15, 0.2) is 12.4 Å². The number of nitrogens with zero attached hydrogens (tertiary/aromatic N) is 5. The van der Waals surface area contributed by atoms with Crippen LogP contribution in [0.4, 0.5) is 11.5 Å². The van der Waals surface area contributed by atoms with Crippen molar-refractivity contribution in [1.82, 2.24) is 25.2 Å². The summed E-state index contributed by atoms with van der Waals surface area (Å²) in [7, 11) is 1.58. The van der Waals surface area contributed by atoms with Crippen LogP contribution in [0.2, 0.25) is 0 Å². The second-order valence-electron chi connectivity index (χ2n) is 5.62. The Balaban J connectivity index is 1.75. The molecule has 0 bridgehead atoms. The van der Waals surface area contributed by atoms with Crippen LogP contribution >= 0.6 is 0 Å². The molecule has 9 nitrogen and oxygen atoms in total. The maximum Gasteiger partial charge on any atom is 0.342 e. The molecule has 0 saturated heterocycles. The van der Waals surface area contributed by atoms with Gasteiger partial charge in [0.2, 0.25) is 0 Å². The number of benzene rings is 1. The van der Waals surface area contributed by atoms with Crippen molar-refractivity contribution in [2.75, 3.05) is 12.4 Å². The fourth-order valence-corrected chi connectivity index (χ4v) is 2.47. The number of aryl methyl sites for hydroxylation is 1. The van der Waals surface area contributed by atoms with Gasteiger partial charge in [-0.3, -0.25) is 0 Å². The third kappa shape index (κ3) is 4.38. The third-order valence-corrected chi connectivity index (χ3v) is 3.76. The molecule has 1 N–H and O–H groups in total. The number of rotatable bonds is 8. The zero-order valence-corrected chi connectivity index (χ0v) is 15.1. The fraction of sp³-hybridized carbons (Fsp3) is 0.278. The molecule has 0 unspecified atom stereocenters. The van der Waals surface area contributed by atoms with Gasteiger partial charge in [-0.25, -0.2) is 14.5 Å². The zero-order chi connectivity index (χ0) is 19.1. The summed E-state index contributed by atoms with van der Waals surface area (Å²) in [5, 5.41) is 14.5. The van der Waals surface area contributed by atoms with Gasteiger partial charge in [-0.2, -0.15) is 0 Å². The first-order chi connectivity index (χ1) is 13.2. The van der Waals surface area contributed by atoms with E-state index in [0.29, 0.717) is 35.2 Å². The molecule has 2 aromatic heterocycles. The van der Waals surface area contributed by atoms with E-state index >= 15 is 0 Å². The maximum atomic E-state index is 12.6. The molecule has 0 fully saturated rings. The Morgan fingerprint density at radius 1 is 1.22 bits per heavy atom. The third-order valence-electron chi connectivity index (χ3n) is 3.76. The summed E-state index contributed by atoms with van der Waals surface area (Å²) in [6, 6.07) is 10.7. The molecule has 27 heavy (non-hydrogen) atoms. The molecule has 140 valence electrons. The normalized spacial score (nSPS) is 10.4. The number of esters is 1. The molecule has 3 aromatic rings. The van der Waals surface area contributed by atoms with Crippen molar-refractivity contribution in [1.29, 1.82) is 0 Å². The van der Waals surface area contributed by atoms with E-state index in [-0.39, 0.29) is 6.61 Å². The van der Waals surface area contributed by atoms with Crippen LogP contribution in [0.1, 0.15) is 29.5 Å². The molecule has 0 aliphatic carbocycles. The number of ether oxygens (including phenoxy) is 2. The first kappa shape index (κ1) is 18.3. The summed E-state index contributed by atoms with van der Waals surface area (Å²) >= 11 is 0. The smallest absolute Gasteiger partial charge is 0.342 e. The number of methoxy groups -OCH3 is 1. The lowest BCUT2D eigenvalue weighted by molar-refractivity contribution is 0.0457. The Morgan fingerprint density at radius 2 is 2.07 bits per heavy atom. The molecule has 3 rings (SSSR count). The summed E-state index contributed by atoms with van der Waals surface area (Å²) in [5.74, 6) is 0.987. The quantitative estimate of drug-likeness (QED) is 0.605. The SMILES string of the molecule is CCCn1nnnc1COC(=O)c1cccnc1Nc1ccccc1OC. The highest BCUT2D eigenvalue weighted by Gasteiger charge is 2.17. The van der Waals surface area contributed by atoms with Gasteiger partial charge in [-0.05, 0) is 41.1 Å². The first-order valence-electron chi connectivity index (χ1n) is 8.50. The molecule has 0 aliphatic heterocycles. The minimum absolute atomic E-state index is 0.0190. The predicted molar refractivity (Wildman–Crippen MR) is 97.7 cm³/mol. The Labute approximate surface area is 156 Å². The number of tetrazole rings is 1. The molecular formula is C18H20N6O3. The fourth-order valence-electron chi connectivity index (χ4n) is 2.47. The number of para-hydroxylation sites is 2. The Kier molecular flexibility index (Phi) is 5.93. The Hall–Kier alpha value is -3.49. The summed E-state index contributed by atoms with van der Waals surface area (Å²) in [6.45, 7) is 2.66. The molecule has 2 heterocycles. The standard InChI is InChI=1S/C18H20N6O3/c1-3-11-24-16(21-22-23-24)12-27-18(25)13-7-6-10-19-17(13)20-14-8-4-5-9-15(14)26-2/h4-10H,3,11-12H2,1-2H3,(H,19,20). The highest BCUT2D eigenvalue weighted by Crippen LogP contribution is 2.27. The number of nitrogens with one attached hydrogen (secondary N) is 1. The van der Waals surface area contributed by atoms with E-state index < -0.39 is 5.97 Å². The maximum absolute atomic E-state index is 12.6. The average molecular weight is 368 g/mol. The van der Waals surface area contributed by atoms with Crippen LogP contribution in [-0.2, 0) is 17.9 Å². The number of hydrogen-bond donors (Lipinski definition) is 1. The number of aromatic nitrogens is 5. The van der Waals surface area contributed by atoms with E-state index in [2.05, 4.69) is 25.8 Å². The molecule has 0 saturated carbocycles. The lowest BCUT2D eigenvalue weighted by atomic mass is 10.2. The van der Waals surface area contributed by atoms with Crippen LogP contribution in [0.15, 0.2) is 42.6 Å². The van der Waals surface area contributed by atoms with Gasteiger partial charge in [-0.1, -0.05) is 19.1 Å². The van der Waals surface area contributed by atoms with E-state index in [4.69, 9.17) is 9.47 Å². The molecule has 1 aromatic carbocycles. The largest absolute Gasteiger partial charge is 0.495 e. The number of carbonyl (C=O) groups is 1. The van der Waals surface area contributed by atoms with Crippen molar-refractivity contribution >= 4 is 17.5 Å². The highest BCUT2D eigenvalue weighted by molar-refractivity contribution is 5.95. The topological polar surface area (TPSA) is 104 Å². The van der Waals surface area contributed by atoms with Crippen molar-refractivity contribution in [3.05, 3.63) is 54.0 Å². The minimum Gasteiger partial charge on any atom is -0.495 e. The summed E-state index contributed by atoms with van der Waals surface area (Å²) < 4.78 is 12.3. The highest BCUT2D eigenvalue weighted by atomic mass is 16.5. The van der Waals surface area contributed by atoms with E-state index in [9.17, 15) is 4.79 Å². The van der Waals surface area contributed by atoms with Crippen LogP contribution in [0.25, 0.3) is 0 Å². The van der Waals surface area contributed by atoms with Crippen molar-refractivity contribution in [3.8, 4) is 5.75 Å². The van der Waals surface area contributed by atoms with E-state index in [1.165, 1.54) is 0 Å². The van der Waals surface area contributed by atoms with Gasteiger partial charge < -0.3 is 14.8 Å². The number of pyridine rings is 1. The van der Waals surface area contributed by atoms with Crippen LogP contribution in [0.5, 0.6) is 5.75 Å². The molecule has 0 aliphatic rings. The van der Waals surface area contributed by atoms with Gasteiger partial charge in [-0.15, -0.1) is 5.10 Å². The second-order valence-corrected chi connectivity index (χ2v) is 5.62. The van der Waals surface area contributed by atoms with Gasteiger partial charge >= 0.3 is 5.97 Å².